The molecule has 11 N–H and O–H groups in total. The molecule has 7 fully saturated rings. The van der Waals surface area contributed by atoms with Crippen LogP contribution < -0.4 is 0 Å². The van der Waals surface area contributed by atoms with Gasteiger partial charge < -0.3 is 84.6 Å². The van der Waals surface area contributed by atoms with E-state index in [1.807, 2.05) is 0 Å². The van der Waals surface area contributed by atoms with Crippen molar-refractivity contribution in [2.75, 3.05) is 13.2 Å². The molecule has 0 radical (unpaired) electrons. The predicted octanol–water partition coefficient (Wildman–Crippen LogP) is 0.233. The first kappa shape index (κ1) is 51.4. The molecule has 382 valence electrons. The Morgan fingerprint density at radius 3 is 1.99 bits per heavy atom. The van der Waals surface area contributed by atoms with Gasteiger partial charge in [-0.2, -0.15) is 0 Å². The Hall–Kier alpha value is -1.92. The third-order valence-corrected chi connectivity index (χ3v) is 19.4. The summed E-state index contributed by atoms with van der Waals surface area (Å²) in [4.78, 5) is 27.8. The topological polar surface area (TPSA) is 312 Å². The molecule has 8 rings (SSSR count). The molecular weight excluding hydrogens is 881 g/mol. The van der Waals surface area contributed by atoms with E-state index in [4.69, 9.17) is 28.4 Å². The highest BCUT2D eigenvalue weighted by Gasteiger charge is 2.71. The molecule has 5 aliphatic carbocycles. The van der Waals surface area contributed by atoms with E-state index < -0.39 is 134 Å². The Balaban J connectivity index is 0.981. The van der Waals surface area contributed by atoms with Gasteiger partial charge in [0.25, 0.3) is 0 Å². The molecule has 3 saturated heterocycles. The maximum Gasteiger partial charge on any atom is 0.315 e. The average molecular weight is 957 g/mol. The number of ether oxygens (including phenoxy) is 6. The molecule has 0 unspecified atom stereocenters. The highest BCUT2D eigenvalue weighted by atomic mass is 16.8. The van der Waals surface area contributed by atoms with Crippen molar-refractivity contribution in [2.24, 2.45) is 50.2 Å². The van der Waals surface area contributed by atoms with Crippen LogP contribution in [0.5, 0.6) is 0 Å². The summed E-state index contributed by atoms with van der Waals surface area (Å²) in [6, 6.07) is 0. The molecule has 0 amide bonds. The molecule has 0 aromatic carbocycles. The van der Waals surface area contributed by atoms with Crippen molar-refractivity contribution >= 4 is 11.9 Å². The molecule has 0 spiro atoms. The molecule has 19 heteroatoms. The maximum absolute atomic E-state index is 15.0. The molecule has 8 aliphatic rings. The third kappa shape index (κ3) is 7.97. The van der Waals surface area contributed by atoms with E-state index in [1.165, 1.54) is 12.5 Å². The second-order valence-corrected chi connectivity index (χ2v) is 23.3. The van der Waals surface area contributed by atoms with E-state index in [0.717, 1.165) is 19.3 Å². The Morgan fingerprint density at radius 1 is 0.687 bits per heavy atom. The first-order valence-corrected chi connectivity index (χ1v) is 24.3. The van der Waals surface area contributed by atoms with Gasteiger partial charge in [-0.1, -0.05) is 46.3 Å². The lowest BCUT2D eigenvalue weighted by atomic mass is 9.33. The van der Waals surface area contributed by atoms with Crippen molar-refractivity contribution in [1.82, 2.24) is 0 Å². The van der Waals surface area contributed by atoms with E-state index >= 15 is 0 Å². The van der Waals surface area contributed by atoms with Crippen LogP contribution in [0.15, 0.2) is 11.6 Å². The van der Waals surface area contributed by atoms with Gasteiger partial charge in [0.15, 0.2) is 12.6 Å². The summed E-state index contributed by atoms with van der Waals surface area (Å²) in [5.41, 5.74) is -2.13. The molecule has 4 saturated carbocycles. The zero-order valence-electron chi connectivity index (χ0n) is 39.7. The summed E-state index contributed by atoms with van der Waals surface area (Å²) < 4.78 is 34.7. The number of carbonyl (C=O) groups is 2. The van der Waals surface area contributed by atoms with Crippen molar-refractivity contribution in [1.29, 1.82) is 0 Å². The average Bonchev–Trinajstić information content (AvgIpc) is 3.27. The fourth-order valence-corrected chi connectivity index (χ4v) is 14.8. The van der Waals surface area contributed by atoms with Crippen LogP contribution in [-0.4, -0.2) is 180 Å². The van der Waals surface area contributed by atoms with E-state index in [1.54, 1.807) is 6.92 Å². The highest BCUT2D eigenvalue weighted by molar-refractivity contribution is 5.79. The predicted molar refractivity (Wildman–Crippen MR) is 231 cm³/mol. The molecule has 24 atom stereocenters. The summed E-state index contributed by atoms with van der Waals surface area (Å²) in [5, 5.41) is 118. The first-order valence-electron chi connectivity index (χ1n) is 24.3. The fraction of sp³-hybridized carbons (Fsp3) is 0.917. The highest BCUT2D eigenvalue weighted by Crippen LogP contribution is 2.76. The van der Waals surface area contributed by atoms with Crippen molar-refractivity contribution in [3.05, 3.63) is 11.6 Å². The minimum absolute atomic E-state index is 0.128. The number of carboxylic acid groups (broad SMARTS) is 1. The van der Waals surface area contributed by atoms with Gasteiger partial charge in [0.1, 0.15) is 67.1 Å². The van der Waals surface area contributed by atoms with E-state index in [2.05, 4.69) is 40.7 Å². The van der Waals surface area contributed by atoms with Crippen molar-refractivity contribution in [3.63, 3.8) is 0 Å². The number of fused-ring (bicyclic) bond motifs is 7. The van der Waals surface area contributed by atoms with Crippen LogP contribution >= 0.6 is 0 Å². The molecule has 3 heterocycles. The number of esters is 1. The minimum atomic E-state index is -1.87. The lowest BCUT2D eigenvalue weighted by Crippen LogP contribution is -2.66. The number of aliphatic carboxylic acids is 1. The van der Waals surface area contributed by atoms with Gasteiger partial charge in [0, 0.05) is 0 Å². The number of hydrogen-bond donors (Lipinski definition) is 11. The van der Waals surface area contributed by atoms with Crippen LogP contribution in [0.25, 0.3) is 0 Å². The lowest BCUT2D eigenvalue weighted by Gasteiger charge is -2.71. The van der Waals surface area contributed by atoms with Crippen LogP contribution in [0, 0.1) is 50.2 Å². The van der Waals surface area contributed by atoms with Gasteiger partial charge in [-0.25, -0.2) is 0 Å². The van der Waals surface area contributed by atoms with E-state index in [0.29, 0.717) is 44.9 Å². The quantitative estimate of drug-likeness (QED) is 0.109. The van der Waals surface area contributed by atoms with Crippen molar-refractivity contribution in [3.8, 4) is 0 Å². The lowest BCUT2D eigenvalue weighted by molar-refractivity contribution is -0.361. The number of aliphatic hydroxyl groups is 10. The summed E-state index contributed by atoms with van der Waals surface area (Å²) in [6.07, 6.45) is -16.7. The smallest absolute Gasteiger partial charge is 0.315 e. The van der Waals surface area contributed by atoms with Crippen molar-refractivity contribution in [2.45, 2.75) is 211 Å². The molecule has 67 heavy (non-hydrogen) atoms. The largest absolute Gasteiger partial charge is 0.481 e. The van der Waals surface area contributed by atoms with Gasteiger partial charge >= 0.3 is 11.9 Å². The Bertz CT molecular complexity index is 1880. The number of carboxylic acids is 1. The summed E-state index contributed by atoms with van der Waals surface area (Å²) in [5.74, 6) is -1.87. The molecule has 0 bridgehead atoms. The molecule has 19 nitrogen and oxygen atoms in total. The number of rotatable bonds is 9. The van der Waals surface area contributed by atoms with Crippen LogP contribution in [0.3, 0.4) is 0 Å². The van der Waals surface area contributed by atoms with Gasteiger partial charge in [-0.3, -0.25) is 9.59 Å². The van der Waals surface area contributed by atoms with E-state index in [9.17, 15) is 65.8 Å². The number of aliphatic hydroxyl groups excluding tert-OH is 10. The Morgan fingerprint density at radius 2 is 1.31 bits per heavy atom. The summed E-state index contributed by atoms with van der Waals surface area (Å²) in [7, 11) is 0. The van der Waals surface area contributed by atoms with Gasteiger partial charge in [-0.05, 0) is 117 Å². The second kappa shape index (κ2) is 18.0. The SMILES string of the molecule is C[C@@H]1O[C@@H](O[C@@H]2[C@H](O)[C@H](O)[C@@H](OC[C@@H]3O[C@H](OC(=O)[C@]45CCC(C)(C)C[C@@H]4C4=CC[C@H]6[C@@]7(C)CC[C@@H](O)[C@](C)(C(=O)O)[C@@H]7CC[C@@]6(C)[C@]4(C)CC5)[C@@H](O)[C@H](O)[C@@H]3O)O[C@H]2CO)[C@H](O)[C@H](O)[C@H]1O. The Labute approximate surface area is 391 Å². The van der Waals surface area contributed by atoms with Gasteiger partial charge in [0.05, 0.1) is 36.3 Å². The van der Waals surface area contributed by atoms with Gasteiger partial charge in [-0.15, -0.1) is 0 Å². The monoisotopic (exact) mass is 956 g/mol. The van der Waals surface area contributed by atoms with Gasteiger partial charge in [0.2, 0.25) is 6.29 Å². The van der Waals surface area contributed by atoms with Crippen LogP contribution in [-0.2, 0) is 38.0 Å². The van der Waals surface area contributed by atoms with Crippen LogP contribution in [0.2, 0.25) is 0 Å². The Kier molecular flexibility index (Phi) is 13.8. The minimum Gasteiger partial charge on any atom is -0.481 e. The molecule has 3 aliphatic heterocycles. The van der Waals surface area contributed by atoms with Crippen LogP contribution in [0.4, 0.5) is 0 Å². The summed E-state index contributed by atoms with van der Waals surface area (Å²) >= 11 is 0. The first-order chi connectivity index (χ1) is 31.2. The summed E-state index contributed by atoms with van der Waals surface area (Å²) in [6.45, 7) is 13.0. The maximum atomic E-state index is 15.0. The number of allylic oxidation sites excluding steroid dienone is 2. The molecule has 0 aromatic rings. The number of hydrogen-bond acceptors (Lipinski definition) is 18. The third-order valence-electron chi connectivity index (χ3n) is 19.4. The van der Waals surface area contributed by atoms with Crippen LogP contribution in [0.1, 0.15) is 113 Å². The fourth-order valence-electron chi connectivity index (χ4n) is 14.8. The standard InChI is InChI=1S/C48H76O19/c1-21-29(51)31(53)34(56)39(63-21)66-37-24(19-49)64-38(36(58)33(37)55)62-20-25-30(52)32(54)35(57)40(65-25)67-42(61)48-16-14-43(2,3)18-23(48)22-8-9-26-44(4)12-11-28(50)47(7,41(59)60)27(44)10-13-46(26,6)45(22,5)15-17-48/h8,21,23-40,49-58H,9-20H2,1-7H3,(H,59,60)/t21-,23+,24-,25-,26-,27+,28+,29-,30+,31+,32+,33+,34+,35-,36-,37-,38-,39-,40+,44+,45+,46+,47+,48-/m0/s1. The second-order valence-electron chi connectivity index (χ2n) is 23.3. The normalized spacial score (nSPS) is 54.0. The van der Waals surface area contributed by atoms with Crippen molar-refractivity contribution < 1.29 is 94.2 Å². The zero-order valence-corrected chi connectivity index (χ0v) is 39.7. The van der Waals surface area contributed by atoms with E-state index in [-0.39, 0.29) is 39.4 Å². The number of carbonyl (C=O) groups excluding carboxylic acids is 1. The molecular formula is C48H76O19. The molecule has 0 aromatic heterocycles. The zero-order chi connectivity index (χ0) is 49.1.